The maximum absolute atomic E-state index is 5.69. The Balaban J connectivity index is 1.81. The van der Waals surface area contributed by atoms with Crippen LogP contribution in [-0.4, -0.2) is 0 Å². The average molecular weight is 290 g/mol. The van der Waals surface area contributed by atoms with E-state index in [4.69, 9.17) is 5.73 Å². The fraction of sp³-hybridized carbons (Fsp3) is 0.700. The first-order valence-electron chi connectivity index (χ1n) is 9.17. The van der Waals surface area contributed by atoms with Crippen LogP contribution in [0.3, 0.4) is 0 Å². The molecule has 1 rings (SSSR count). The smallest absolute Gasteiger partial charge is 0.0314 e. The normalized spacial score (nSPS) is 10.9. The second-order valence-corrected chi connectivity index (χ2v) is 6.38. The van der Waals surface area contributed by atoms with E-state index in [-0.39, 0.29) is 0 Å². The molecule has 21 heavy (non-hydrogen) atoms. The van der Waals surface area contributed by atoms with Crippen molar-refractivity contribution in [2.24, 2.45) is 0 Å². The Morgan fingerprint density at radius 2 is 1.05 bits per heavy atom. The van der Waals surface area contributed by atoms with E-state index in [2.05, 4.69) is 19.1 Å². The highest BCUT2D eigenvalue weighted by atomic mass is 14.5. The monoisotopic (exact) mass is 289 g/mol. The number of rotatable bonds is 13. The average Bonchev–Trinajstić information content (AvgIpc) is 2.50. The Morgan fingerprint density at radius 3 is 1.52 bits per heavy atom. The molecule has 2 N–H and O–H groups in total. The van der Waals surface area contributed by atoms with Crippen molar-refractivity contribution in [3.8, 4) is 0 Å². The number of hydrogen-bond donors (Lipinski definition) is 1. The van der Waals surface area contributed by atoms with Gasteiger partial charge in [-0.1, -0.05) is 89.7 Å². The molecule has 0 aliphatic rings. The number of nitrogens with two attached hydrogens (primary N) is 1. The first-order chi connectivity index (χ1) is 10.3. The zero-order valence-electron chi connectivity index (χ0n) is 14.1. The van der Waals surface area contributed by atoms with Crippen molar-refractivity contribution in [3.05, 3.63) is 29.8 Å². The molecule has 0 radical (unpaired) electrons. The number of unbranched alkanes of at least 4 members (excludes halogenated alkanes) is 11. The van der Waals surface area contributed by atoms with Crippen LogP contribution in [0.15, 0.2) is 24.3 Å². The van der Waals surface area contributed by atoms with Gasteiger partial charge >= 0.3 is 0 Å². The molecule has 0 aromatic heterocycles. The van der Waals surface area contributed by atoms with Gasteiger partial charge in [-0.25, -0.2) is 0 Å². The third kappa shape index (κ3) is 10.4. The van der Waals surface area contributed by atoms with E-state index < -0.39 is 0 Å². The van der Waals surface area contributed by atoms with Crippen LogP contribution in [0, 0.1) is 0 Å². The van der Waals surface area contributed by atoms with Gasteiger partial charge in [0, 0.05) is 5.69 Å². The lowest BCUT2D eigenvalue weighted by Crippen LogP contribution is -1.88. The minimum atomic E-state index is 0.869. The highest BCUT2D eigenvalue weighted by Gasteiger charge is 1.95. The Labute approximate surface area is 132 Å². The molecule has 0 amide bonds. The predicted molar refractivity (Wildman–Crippen MR) is 95.6 cm³/mol. The minimum absolute atomic E-state index is 0.869. The van der Waals surface area contributed by atoms with Gasteiger partial charge in [-0.15, -0.1) is 0 Å². The molecule has 0 saturated heterocycles. The molecule has 0 fully saturated rings. The van der Waals surface area contributed by atoms with Crippen LogP contribution >= 0.6 is 0 Å². The van der Waals surface area contributed by atoms with Gasteiger partial charge in [0.1, 0.15) is 0 Å². The molecule has 0 unspecified atom stereocenters. The third-order valence-electron chi connectivity index (χ3n) is 4.30. The molecule has 120 valence electrons. The number of aryl methyl sites for hydroxylation is 1. The van der Waals surface area contributed by atoms with Crippen LogP contribution in [0.1, 0.15) is 89.5 Å². The van der Waals surface area contributed by atoms with Crippen molar-refractivity contribution in [1.29, 1.82) is 0 Å². The van der Waals surface area contributed by atoms with E-state index in [1.165, 1.54) is 89.0 Å². The van der Waals surface area contributed by atoms with E-state index in [0.29, 0.717) is 0 Å². The number of anilines is 1. The molecule has 0 aliphatic carbocycles. The van der Waals surface area contributed by atoms with Crippen LogP contribution in [-0.2, 0) is 6.42 Å². The maximum atomic E-state index is 5.69. The number of nitrogen functional groups attached to an aromatic ring is 1. The Bertz CT molecular complexity index is 328. The Kier molecular flexibility index (Phi) is 11.0. The van der Waals surface area contributed by atoms with E-state index in [9.17, 15) is 0 Å². The largest absolute Gasteiger partial charge is 0.399 e. The quantitative estimate of drug-likeness (QED) is 0.325. The zero-order chi connectivity index (χ0) is 15.2. The molecule has 0 spiro atoms. The lowest BCUT2D eigenvalue weighted by Gasteiger charge is -2.04. The molecule has 1 aromatic carbocycles. The van der Waals surface area contributed by atoms with Crippen LogP contribution in [0.25, 0.3) is 0 Å². The fourth-order valence-electron chi connectivity index (χ4n) is 2.85. The lowest BCUT2D eigenvalue weighted by atomic mass is 10.0. The van der Waals surface area contributed by atoms with E-state index >= 15 is 0 Å². The van der Waals surface area contributed by atoms with Gasteiger partial charge in [0.15, 0.2) is 0 Å². The SMILES string of the molecule is CCCCCCCCCCCCCCc1ccc(N)cc1. The molecule has 0 bridgehead atoms. The van der Waals surface area contributed by atoms with Gasteiger partial charge in [0.2, 0.25) is 0 Å². The molecule has 0 aliphatic heterocycles. The van der Waals surface area contributed by atoms with Gasteiger partial charge in [0.25, 0.3) is 0 Å². The Hall–Kier alpha value is -0.980. The highest BCUT2D eigenvalue weighted by Crippen LogP contribution is 2.13. The van der Waals surface area contributed by atoms with Gasteiger partial charge < -0.3 is 5.73 Å². The summed E-state index contributed by atoms with van der Waals surface area (Å²) in [5, 5.41) is 0. The topological polar surface area (TPSA) is 26.0 Å². The summed E-state index contributed by atoms with van der Waals surface area (Å²) < 4.78 is 0. The minimum Gasteiger partial charge on any atom is -0.399 e. The highest BCUT2D eigenvalue weighted by molar-refractivity contribution is 5.39. The van der Waals surface area contributed by atoms with Gasteiger partial charge in [-0.2, -0.15) is 0 Å². The summed E-state index contributed by atoms with van der Waals surface area (Å²) in [7, 11) is 0. The lowest BCUT2D eigenvalue weighted by molar-refractivity contribution is 0.544. The molecule has 1 nitrogen and oxygen atoms in total. The van der Waals surface area contributed by atoms with Crippen LogP contribution in [0.2, 0.25) is 0 Å². The predicted octanol–water partition coefficient (Wildman–Crippen LogP) is 6.51. The van der Waals surface area contributed by atoms with Crippen molar-refractivity contribution in [1.82, 2.24) is 0 Å². The molecule has 0 heterocycles. The summed E-state index contributed by atoms with van der Waals surface area (Å²) >= 11 is 0. The first kappa shape index (κ1) is 18.1. The summed E-state index contributed by atoms with van der Waals surface area (Å²) in [5.74, 6) is 0. The van der Waals surface area contributed by atoms with Gasteiger partial charge in [0.05, 0.1) is 0 Å². The molecule has 0 saturated carbocycles. The molecule has 1 aromatic rings. The summed E-state index contributed by atoms with van der Waals surface area (Å²) in [4.78, 5) is 0. The van der Waals surface area contributed by atoms with Crippen molar-refractivity contribution < 1.29 is 0 Å². The van der Waals surface area contributed by atoms with Gasteiger partial charge in [-0.05, 0) is 30.5 Å². The van der Waals surface area contributed by atoms with Crippen molar-refractivity contribution in [3.63, 3.8) is 0 Å². The van der Waals surface area contributed by atoms with Crippen LogP contribution in [0.4, 0.5) is 5.69 Å². The standard InChI is InChI=1S/C20H35N/c1-2-3-4-5-6-7-8-9-10-11-12-13-14-19-15-17-20(21)18-16-19/h15-18H,2-14,21H2,1H3. The first-order valence-corrected chi connectivity index (χ1v) is 9.17. The molecule has 0 atom stereocenters. The maximum Gasteiger partial charge on any atom is 0.0314 e. The summed E-state index contributed by atoms with van der Waals surface area (Å²) in [6.07, 6.45) is 18.2. The third-order valence-corrected chi connectivity index (χ3v) is 4.30. The zero-order valence-corrected chi connectivity index (χ0v) is 14.1. The van der Waals surface area contributed by atoms with E-state index in [1.54, 1.807) is 0 Å². The molecular weight excluding hydrogens is 254 g/mol. The van der Waals surface area contributed by atoms with Crippen molar-refractivity contribution >= 4 is 5.69 Å². The van der Waals surface area contributed by atoms with Crippen molar-refractivity contribution in [2.45, 2.75) is 90.4 Å². The summed E-state index contributed by atoms with van der Waals surface area (Å²) in [6, 6.07) is 8.34. The Morgan fingerprint density at radius 1 is 0.619 bits per heavy atom. The van der Waals surface area contributed by atoms with Gasteiger partial charge in [-0.3, -0.25) is 0 Å². The summed E-state index contributed by atoms with van der Waals surface area (Å²) in [5.41, 5.74) is 7.99. The van der Waals surface area contributed by atoms with E-state index in [1.807, 2.05) is 12.1 Å². The fourth-order valence-corrected chi connectivity index (χ4v) is 2.85. The van der Waals surface area contributed by atoms with Crippen LogP contribution < -0.4 is 5.73 Å². The second kappa shape index (κ2) is 12.7. The number of hydrogen-bond acceptors (Lipinski definition) is 1. The summed E-state index contributed by atoms with van der Waals surface area (Å²) in [6.45, 7) is 2.28. The number of benzene rings is 1. The van der Waals surface area contributed by atoms with Crippen molar-refractivity contribution in [2.75, 3.05) is 5.73 Å². The van der Waals surface area contributed by atoms with Crippen LogP contribution in [0.5, 0.6) is 0 Å². The molecular formula is C20H35N. The second-order valence-electron chi connectivity index (χ2n) is 6.38. The molecule has 1 heteroatoms. The van der Waals surface area contributed by atoms with E-state index in [0.717, 1.165) is 5.69 Å².